The normalized spacial score (nSPS) is 12.7. The number of phenolic OH excluding ortho intramolecular Hbond substituents is 1. The lowest BCUT2D eigenvalue weighted by atomic mass is 10.1. The summed E-state index contributed by atoms with van der Waals surface area (Å²) < 4.78 is 116. The summed E-state index contributed by atoms with van der Waals surface area (Å²) in [7, 11) is -15.1. The number of nitriles is 1. The molecule has 7 rings (SSSR count). The summed E-state index contributed by atoms with van der Waals surface area (Å²) in [6.45, 7) is -0.240. The maximum Gasteiger partial charge on any atom is 0.297 e. The van der Waals surface area contributed by atoms with Crippen molar-refractivity contribution in [3.05, 3.63) is 65.7 Å². The topological polar surface area (TPSA) is 404 Å². The van der Waals surface area contributed by atoms with Gasteiger partial charge in [0.25, 0.3) is 35.5 Å². The Morgan fingerprint density at radius 3 is 2.03 bits per heavy atom. The highest BCUT2D eigenvalue weighted by molar-refractivity contribution is 8.01. The van der Waals surface area contributed by atoms with Crippen LogP contribution in [0.3, 0.4) is 0 Å². The summed E-state index contributed by atoms with van der Waals surface area (Å²) in [6.07, 6.45) is 0. The minimum Gasteiger partial charge on any atom is -0.505 e. The Balaban J connectivity index is 1.32. The van der Waals surface area contributed by atoms with Crippen molar-refractivity contribution < 1.29 is 68.8 Å². The molecule has 0 radical (unpaired) electrons. The molecule has 0 fully saturated rings. The van der Waals surface area contributed by atoms with Crippen LogP contribution in [0.4, 0.5) is 33.6 Å². The van der Waals surface area contributed by atoms with E-state index in [1.165, 1.54) is 17.4 Å². The molecule has 3 aromatic heterocycles. The van der Waals surface area contributed by atoms with Gasteiger partial charge in [0.05, 0.1) is 30.0 Å². The molecule has 354 valence electrons. The van der Waals surface area contributed by atoms with E-state index in [9.17, 15) is 60.0 Å². The van der Waals surface area contributed by atoms with Crippen molar-refractivity contribution in [2.24, 2.45) is 30.7 Å². The molecule has 0 spiro atoms. The number of aromatic hydroxyl groups is 2. The molecular weight excluding hydrogens is 999 g/mol. The quantitative estimate of drug-likeness (QED) is 0.0272. The van der Waals surface area contributed by atoms with Gasteiger partial charge in [0.2, 0.25) is 5.88 Å². The number of aliphatic hydroxyl groups is 2. The number of phenols is 1. The molecule has 7 aromatic rings. The number of hydrogen-bond acceptors (Lipinski definition) is 24. The van der Waals surface area contributed by atoms with E-state index in [-0.39, 0.29) is 69.4 Å². The van der Waals surface area contributed by atoms with E-state index in [1.807, 2.05) is 6.07 Å². The number of pyridine rings is 1. The van der Waals surface area contributed by atoms with Crippen LogP contribution in [0.2, 0.25) is 0 Å². The van der Waals surface area contributed by atoms with Crippen LogP contribution in [-0.4, -0.2) is 117 Å². The first-order valence-electron chi connectivity index (χ1n) is 18.9. The Kier molecular flexibility index (Phi) is 14.3. The average Bonchev–Trinajstić information content (AvgIpc) is 3.90. The fourth-order valence-electron chi connectivity index (χ4n) is 6.32. The standard InChI is InChI=1S/C37H31N11O15S5/c1-18-21(17-38)34-39-22-4-2-3-5-26(22)48(34)35(52)30(18)43-40-23-7-6-19-20(33(23)68(59,60)61)14-29(67(56,57)58)31(32(19)51)44-41-24-15-28(63-11-9-50)25(16-27(24)62-10-8-49)42-45-36-46-47-37(65-36)64-12-13-66(53,54)55/h2-7,14-16,49-52H,8-13H2,1H3,(H,53,54,55)(H,56,57,58)(H,59,60,61). The Bertz CT molecular complexity index is 3630. The maximum absolute atomic E-state index is 13.0. The second-order valence-electron chi connectivity index (χ2n) is 13.6. The van der Waals surface area contributed by atoms with Crippen molar-refractivity contribution in [1.82, 2.24) is 19.6 Å². The molecule has 0 atom stereocenters. The minimum absolute atomic E-state index is 0.00388. The number of hydrogen-bond donors (Lipinski definition) is 7. The number of aromatic nitrogens is 4. The summed E-state index contributed by atoms with van der Waals surface area (Å²) in [6, 6.07) is 13.5. The van der Waals surface area contributed by atoms with E-state index in [0.717, 1.165) is 41.3 Å². The number of nitrogens with zero attached hydrogens (tertiary/aromatic N) is 11. The second-order valence-corrected chi connectivity index (χ2v) is 20.2. The molecule has 7 N–H and O–H groups in total. The van der Waals surface area contributed by atoms with Crippen molar-refractivity contribution in [3.63, 3.8) is 0 Å². The van der Waals surface area contributed by atoms with E-state index in [0.29, 0.717) is 21.4 Å². The predicted octanol–water partition coefficient (Wildman–Crippen LogP) is 6.55. The lowest BCUT2D eigenvalue weighted by Crippen LogP contribution is -2.05. The zero-order valence-corrected chi connectivity index (χ0v) is 38.4. The molecule has 0 bridgehead atoms. The number of thioether (sulfide) groups is 1. The number of aliphatic hydroxyl groups excluding tert-OH is 2. The number of imidazole rings is 1. The van der Waals surface area contributed by atoms with Crippen molar-refractivity contribution in [2.75, 3.05) is 37.9 Å². The van der Waals surface area contributed by atoms with Crippen molar-refractivity contribution in [3.8, 4) is 29.2 Å². The number of benzene rings is 4. The number of azo groups is 3. The Labute approximate surface area is 390 Å². The fourth-order valence-corrected chi connectivity index (χ4v) is 10.4. The number of ether oxygens (including phenoxy) is 2. The lowest BCUT2D eigenvalue weighted by molar-refractivity contribution is 0.198. The molecule has 0 aliphatic heterocycles. The smallest absolute Gasteiger partial charge is 0.297 e. The Morgan fingerprint density at radius 1 is 0.779 bits per heavy atom. The average molecular weight is 1030 g/mol. The Morgan fingerprint density at radius 2 is 1.41 bits per heavy atom. The van der Waals surface area contributed by atoms with Crippen molar-refractivity contribution >= 4 is 114 Å². The third-order valence-electron chi connectivity index (χ3n) is 9.21. The van der Waals surface area contributed by atoms with E-state index in [2.05, 4.69) is 45.9 Å². The first-order chi connectivity index (χ1) is 32.2. The minimum atomic E-state index is -5.44. The van der Waals surface area contributed by atoms with Gasteiger partial charge in [-0.3, -0.25) is 18.1 Å². The zero-order valence-electron chi connectivity index (χ0n) is 34.3. The van der Waals surface area contributed by atoms with Gasteiger partial charge in [-0.05, 0) is 37.3 Å². The van der Waals surface area contributed by atoms with Gasteiger partial charge in [0.15, 0.2) is 21.4 Å². The van der Waals surface area contributed by atoms with Crippen LogP contribution in [0.5, 0.6) is 23.1 Å². The largest absolute Gasteiger partial charge is 0.505 e. The first kappa shape index (κ1) is 49.1. The molecule has 0 saturated carbocycles. The van der Waals surface area contributed by atoms with Crippen LogP contribution >= 0.6 is 23.1 Å². The monoisotopic (exact) mass is 1030 g/mol. The highest BCUT2D eigenvalue weighted by Crippen LogP contribution is 2.48. The summed E-state index contributed by atoms with van der Waals surface area (Å²) in [5.74, 6) is -2.53. The van der Waals surface area contributed by atoms with E-state index in [4.69, 9.17) is 14.0 Å². The second kappa shape index (κ2) is 19.8. The van der Waals surface area contributed by atoms with Gasteiger partial charge in [-0.2, -0.15) is 30.5 Å². The Hall–Kier alpha value is -6.86. The molecule has 0 unspecified atom stereocenters. The van der Waals surface area contributed by atoms with Gasteiger partial charge in [-0.25, -0.2) is 4.98 Å². The molecular formula is C37H31N11O15S5. The summed E-state index contributed by atoms with van der Waals surface area (Å²) in [5.41, 5.74) is -1.29. The summed E-state index contributed by atoms with van der Waals surface area (Å²) >= 11 is 1.90. The van der Waals surface area contributed by atoms with Crippen LogP contribution in [-0.2, 0) is 30.4 Å². The fraction of sp³-hybridized carbons (Fsp3) is 0.189. The van der Waals surface area contributed by atoms with Gasteiger partial charge in [-0.1, -0.05) is 35.2 Å². The van der Waals surface area contributed by atoms with Crippen LogP contribution in [0.1, 0.15) is 11.1 Å². The van der Waals surface area contributed by atoms with Gasteiger partial charge in [-0.15, -0.1) is 40.9 Å². The molecule has 0 saturated heterocycles. The lowest BCUT2D eigenvalue weighted by Gasteiger charge is -2.14. The van der Waals surface area contributed by atoms with E-state index < -0.39 is 92.9 Å². The molecule has 0 aliphatic carbocycles. The third kappa shape index (κ3) is 10.5. The van der Waals surface area contributed by atoms with Crippen LogP contribution < -0.4 is 9.47 Å². The van der Waals surface area contributed by atoms with E-state index >= 15 is 0 Å². The molecule has 3 heterocycles. The van der Waals surface area contributed by atoms with Crippen LogP contribution in [0, 0.1) is 18.3 Å². The molecule has 26 nitrogen and oxygen atoms in total. The van der Waals surface area contributed by atoms with Crippen LogP contribution in [0.15, 0.2) is 99.4 Å². The van der Waals surface area contributed by atoms with E-state index in [1.54, 1.807) is 24.3 Å². The summed E-state index contributed by atoms with van der Waals surface area (Å²) in [5, 5.41) is 82.4. The highest BCUT2D eigenvalue weighted by atomic mass is 32.2. The zero-order chi connectivity index (χ0) is 49.1. The molecule has 68 heavy (non-hydrogen) atoms. The molecule has 0 amide bonds. The maximum atomic E-state index is 13.0. The molecule has 0 aliphatic rings. The first-order valence-corrected chi connectivity index (χ1v) is 25.2. The van der Waals surface area contributed by atoms with Gasteiger partial charge in [0, 0.05) is 34.2 Å². The summed E-state index contributed by atoms with van der Waals surface area (Å²) in [4.78, 5) is 2.09. The number of para-hydroxylation sites is 2. The third-order valence-corrected chi connectivity index (χ3v) is 13.9. The van der Waals surface area contributed by atoms with Crippen LogP contribution in [0.25, 0.3) is 27.5 Å². The predicted molar refractivity (Wildman–Crippen MR) is 240 cm³/mol. The van der Waals surface area contributed by atoms with Gasteiger partial charge >= 0.3 is 0 Å². The number of rotatable bonds is 18. The number of fused-ring (bicyclic) bond motifs is 4. The van der Waals surface area contributed by atoms with Gasteiger partial charge in [0.1, 0.15) is 68.9 Å². The van der Waals surface area contributed by atoms with Gasteiger partial charge < -0.3 is 29.9 Å². The molecule has 4 aromatic carbocycles. The van der Waals surface area contributed by atoms with Crippen molar-refractivity contribution in [2.45, 2.75) is 21.1 Å². The highest BCUT2D eigenvalue weighted by Gasteiger charge is 2.29. The SMILES string of the molecule is Cc1c(N=Nc2ccc3c(O)c(N=Nc4cc(OCCO)c(N=Nc5nnc(SCCS(=O)(=O)O)s5)cc4OCCO)c(S(=O)(=O)O)cc3c2S(=O)(=O)O)c(O)n2c(nc3ccccc32)c1C#N. The van der Waals surface area contributed by atoms with Crippen molar-refractivity contribution in [1.29, 1.82) is 5.26 Å². The molecule has 31 heteroatoms.